The van der Waals surface area contributed by atoms with E-state index in [1.807, 2.05) is 84.3 Å². The molecule has 9 rings (SSSR count). The normalized spacial score (nSPS) is 16.8. The summed E-state index contributed by atoms with van der Waals surface area (Å²) in [5.74, 6) is 0. The maximum absolute atomic E-state index is 12.8. The first kappa shape index (κ1) is 34.4. The molecule has 7 aromatic rings. The Hall–Kier alpha value is -5.03. The van der Waals surface area contributed by atoms with E-state index >= 15 is 0 Å². The second-order valence-corrected chi connectivity index (χ2v) is 14.6. The molecule has 1 N–H and O–H groups in total. The largest absolute Gasteiger partial charge is 0.445 e. The van der Waals surface area contributed by atoms with Crippen molar-refractivity contribution in [2.45, 2.75) is 51.8 Å². The number of carbonyl (C=O) groups excluding carboxylic acids is 1. The maximum atomic E-state index is 12.8. The molecule has 2 aliphatic rings. The topological polar surface area (TPSA) is 93.1 Å². The Balaban J connectivity index is 0.000000168. The molecule has 51 heavy (non-hydrogen) atoms. The fraction of sp³-hybridized carbons (Fsp3) is 0.244. The van der Waals surface area contributed by atoms with E-state index in [4.69, 9.17) is 14.7 Å². The van der Waals surface area contributed by atoms with Crippen molar-refractivity contribution in [1.82, 2.24) is 30.2 Å². The van der Waals surface area contributed by atoms with Crippen molar-refractivity contribution in [1.29, 1.82) is 0 Å². The number of hydrogen-bond acceptors (Lipinski definition) is 9. The number of amides is 1. The zero-order chi connectivity index (χ0) is 33.7. The van der Waals surface area contributed by atoms with Crippen molar-refractivity contribution in [3.63, 3.8) is 0 Å². The van der Waals surface area contributed by atoms with Crippen LogP contribution in [0, 0.1) is 0 Å². The number of ether oxygens (including phenoxy) is 1. The van der Waals surface area contributed by atoms with E-state index in [0.717, 1.165) is 62.4 Å². The summed E-state index contributed by atoms with van der Waals surface area (Å²) in [5, 5.41) is 5.67. The number of thiazole rings is 2. The van der Waals surface area contributed by atoms with Gasteiger partial charge in [0.2, 0.25) is 0 Å². The van der Waals surface area contributed by atoms with E-state index in [1.165, 1.54) is 28.1 Å². The molecule has 2 atom stereocenters. The zero-order valence-electron chi connectivity index (χ0n) is 27.4. The SMILES string of the molecule is C.O=C(OCc1ccccc1)N1CCC[C@H]1c1nc2c(-c3ccccc3)cncc2s1.c1ccc(-c2cncc3sc([C@@H]4CCCN4)nc23)cc1. The quantitative estimate of drug-likeness (QED) is 0.183. The number of nitrogens with zero attached hydrogens (tertiary/aromatic N) is 5. The van der Waals surface area contributed by atoms with Crippen LogP contribution in [0.1, 0.15) is 60.8 Å². The molecule has 2 aliphatic heterocycles. The maximum Gasteiger partial charge on any atom is 0.410 e. The van der Waals surface area contributed by atoms with Crippen molar-refractivity contribution in [2.75, 3.05) is 13.1 Å². The summed E-state index contributed by atoms with van der Waals surface area (Å²) < 4.78 is 7.80. The number of fused-ring (bicyclic) bond motifs is 2. The van der Waals surface area contributed by atoms with Crippen LogP contribution in [-0.2, 0) is 11.3 Å². The van der Waals surface area contributed by atoms with E-state index in [2.05, 4.69) is 51.7 Å². The zero-order valence-corrected chi connectivity index (χ0v) is 29.1. The van der Waals surface area contributed by atoms with Crippen LogP contribution in [0.3, 0.4) is 0 Å². The summed E-state index contributed by atoms with van der Waals surface area (Å²) in [6.45, 7) is 2.08. The van der Waals surface area contributed by atoms with Gasteiger partial charge in [-0.05, 0) is 48.9 Å². The lowest BCUT2D eigenvalue weighted by molar-refractivity contribution is 0.0920. The third-order valence-corrected chi connectivity index (χ3v) is 11.3. The number of nitrogens with one attached hydrogen (secondary N) is 1. The molecular formula is C41H40N6O2S2. The number of likely N-dealkylation sites (tertiary alicyclic amines) is 1. The van der Waals surface area contributed by atoms with Crippen molar-refractivity contribution < 1.29 is 9.53 Å². The molecule has 258 valence electrons. The van der Waals surface area contributed by atoms with Gasteiger partial charge in [0.1, 0.15) is 16.6 Å². The lowest BCUT2D eigenvalue weighted by Gasteiger charge is -2.22. The van der Waals surface area contributed by atoms with Crippen LogP contribution in [0.4, 0.5) is 4.79 Å². The molecule has 10 heteroatoms. The number of rotatable bonds is 6. The standard InChI is InChI=1S/C24H21N3O2S.C16H15N3S.CH4/c28-24(29-16-17-8-3-1-4-9-17)27-13-7-12-20(27)23-26-22-19(14-25-15-21(22)30-23)18-10-5-2-6-11-18;1-2-5-11(6-3-1)12-9-17-10-14-15(12)19-16(20-14)13-7-4-8-18-13;/h1-6,8-11,14-15,20H,7,12-13,16H2;1-3,5-6,9-10,13,18H,4,7-8H2;1H4/t20-;13-;/m00./s1. The first-order chi connectivity index (χ1) is 24.7. The average molecular weight is 713 g/mol. The van der Waals surface area contributed by atoms with Gasteiger partial charge in [-0.1, -0.05) is 98.4 Å². The number of aromatic nitrogens is 4. The van der Waals surface area contributed by atoms with E-state index in [-0.39, 0.29) is 26.2 Å². The van der Waals surface area contributed by atoms with Crippen LogP contribution in [-0.4, -0.2) is 44.0 Å². The number of pyridine rings is 2. The minimum absolute atomic E-state index is 0. The highest BCUT2D eigenvalue weighted by molar-refractivity contribution is 7.19. The monoisotopic (exact) mass is 712 g/mol. The van der Waals surface area contributed by atoms with Crippen LogP contribution >= 0.6 is 22.7 Å². The Morgan fingerprint density at radius 2 is 1.29 bits per heavy atom. The first-order valence-corrected chi connectivity index (χ1v) is 18.6. The van der Waals surface area contributed by atoms with Crippen LogP contribution in [0.2, 0.25) is 0 Å². The molecule has 0 unspecified atom stereocenters. The third kappa shape index (κ3) is 7.54. The Bertz CT molecular complexity index is 2200. The highest BCUT2D eigenvalue weighted by atomic mass is 32.1. The predicted molar refractivity (Wildman–Crippen MR) is 208 cm³/mol. The molecule has 2 fully saturated rings. The highest BCUT2D eigenvalue weighted by Crippen LogP contribution is 2.39. The summed E-state index contributed by atoms with van der Waals surface area (Å²) in [6, 6.07) is 30.7. The van der Waals surface area contributed by atoms with Crippen LogP contribution < -0.4 is 5.32 Å². The fourth-order valence-electron chi connectivity index (χ4n) is 6.63. The molecule has 0 bridgehead atoms. The van der Waals surface area contributed by atoms with Gasteiger partial charge in [-0.3, -0.25) is 14.9 Å². The van der Waals surface area contributed by atoms with Crippen molar-refractivity contribution in [2.24, 2.45) is 0 Å². The Kier molecular flexibility index (Phi) is 10.7. The Morgan fingerprint density at radius 3 is 1.88 bits per heavy atom. The van der Waals surface area contributed by atoms with Gasteiger partial charge < -0.3 is 10.1 Å². The smallest absolute Gasteiger partial charge is 0.410 e. The summed E-state index contributed by atoms with van der Waals surface area (Å²) in [6.07, 6.45) is 11.6. The van der Waals surface area contributed by atoms with Gasteiger partial charge in [-0.25, -0.2) is 14.8 Å². The van der Waals surface area contributed by atoms with Gasteiger partial charge in [-0.2, -0.15) is 0 Å². The molecule has 1 amide bonds. The summed E-state index contributed by atoms with van der Waals surface area (Å²) >= 11 is 3.38. The molecule has 0 spiro atoms. The Morgan fingerprint density at radius 1 is 0.725 bits per heavy atom. The molecule has 2 saturated heterocycles. The number of hydrogen-bond donors (Lipinski definition) is 1. The third-order valence-electron chi connectivity index (χ3n) is 9.15. The summed E-state index contributed by atoms with van der Waals surface area (Å²) in [5.41, 5.74) is 7.44. The van der Waals surface area contributed by atoms with Gasteiger partial charge in [0.25, 0.3) is 0 Å². The second kappa shape index (κ2) is 15.9. The van der Waals surface area contributed by atoms with Gasteiger partial charge in [0.15, 0.2) is 0 Å². The minimum Gasteiger partial charge on any atom is -0.445 e. The number of benzene rings is 3. The molecule has 0 aliphatic carbocycles. The summed E-state index contributed by atoms with van der Waals surface area (Å²) in [4.78, 5) is 33.2. The van der Waals surface area contributed by atoms with Gasteiger partial charge in [0, 0.05) is 42.5 Å². The van der Waals surface area contributed by atoms with E-state index in [1.54, 1.807) is 22.7 Å². The molecule has 4 aromatic heterocycles. The molecule has 0 saturated carbocycles. The van der Waals surface area contributed by atoms with Crippen LogP contribution in [0.25, 0.3) is 42.7 Å². The molecule has 8 nitrogen and oxygen atoms in total. The first-order valence-electron chi connectivity index (χ1n) is 17.0. The van der Waals surface area contributed by atoms with Crippen molar-refractivity contribution in [3.05, 3.63) is 131 Å². The van der Waals surface area contributed by atoms with Gasteiger partial charge in [-0.15, -0.1) is 22.7 Å². The number of carbonyl (C=O) groups is 1. The average Bonchev–Trinajstić information content (AvgIpc) is 4.01. The second-order valence-electron chi connectivity index (χ2n) is 12.4. The van der Waals surface area contributed by atoms with Gasteiger partial charge >= 0.3 is 6.09 Å². The van der Waals surface area contributed by atoms with E-state index in [9.17, 15) is 4.79 Å². The lowest BCUT2D eigenvalue weighted by atomic mass is 10.1. The van der Waals surface area contributed by atoms with E-state index < -0.39 is 0 Å². The molecule has 0 radical (unpaired) electrons. The molecular weight excluding hydrogens is 673 g/mol. The summed E-state index contributed by atoms with van der Waals surface area (Å²) in [7, 11) is 0. The van der Waals surface area contributed by atoms with E-state index in [0.29, 0.717) is 12.6 Å². The Labute approximate surface area is 306 Å². The highest BCUT2D eigenvalue weighted by Gasteiger charge is 2.33. The molecule has 6 heterocycles. The van der Waals surface area contributed by atoms with Crippen LogP contribution in [0.15, 0.2) is 116 Å². The van der Waals surface area contributed by atoms with Crippen molar-refractivity contribution in [3.8, 4) is 22.3 Å². The lowest BCUT2D eigenvalue weighted by Crippen LogP contribution is -2.31. The van der Waals surface area contributed by atoms with Gasteiger partial charge in [0.05, 0.1) is 32.5 Å². The minimum atomic E-state index is -0.276. The van der Waals surface area contributed by atoms with Crippen molar-refractivity contribution >= 4 is 49.2 Å². The fourth-order valence-corrected chi connectivity index (χ4v) is 8.81. The van der Waals surface area contributed by atoms with Crippen LogP contribution in [0.5, 0.6) is 0 Å². The predicted octanol–water partition coefficient (Wildman–Crippen LogP) is 10.3. The molecule has 3 aromatic carbocycles.